The van der Waals surface area contributed by atoms with Crippen molar-refractivity contribution in [3.8, 4) is 17.1 Å². The summed E-state index contributed by atoms with van der Waals surface area (Å²) in [7, 11) is -0.961. The molecule has 2 aliphatic rings. The molecule has 0 saturated heterocycles. The number of amides is 1. The number of cyclic esters (lactones) is 1. The van der Waals surface area contributed by atoms with E-state index in [0.29, 0.717) is 33.9 Å². The number of rotatable bonds is 6. The molecule has 0 fully saturated rings. The molecule has 0 spiro atoms. The zero-order valence-corrected chi connectivity index (χ0v) is 23.5. The van der Waals surface area contributed by atoms with Gasteiger partial charge in [-0.15, -0.1) is 11.6 Å². The average Bonchev–Trinajstić information content (AvgIpc) is 3.25. The SMILES string of the molecule is CCC1(OC(=O)NC)C(=O)OC([Si](C)(C)CCCCl)c2c1cc1n(c2=O)Cc2cc3cc(O)ccc3nc2-1. The first-order valence-corrected chi connectivity index (χ1v) is 16.5. The fourth-order valence-electron chi connectivity index (χ4n) is 5.61. The number of carbonyl (C=O) groups is 2. The smallest absolute Gasteiger partial charge is 0.408 e. The highest BCUT2D eigenvalue weighted by Gasteiger charge is 2.56. The van der Waals surface area contributed by atoms with Crippen LogP contribution in [0.2, 0.25) is 19.1 Å². The summed E-state index contributed by atoms with van der Waals surface area (Å²) in [5.41, 5.74) is 0.572. The Morgan fingerprint density at radius 3 is 2.76 bits per heavy atom. The summed E-state index contributed by atoms with van der Waals surface area (Å²) in [5.74, 6) is -0.0863. The number of hydrogen-bond acceptors (Lipinski definition) is 7. The first kappa shape index (κ1) is 26.2. The highest BCUT2D eigenvalue weighted by Crippen LogP contribution is 2.47. The molecule has 2 unspecified atom stereocenters. The van der Waals surface area contributed by atoms with E-state index in [2.05, 4.69) is 18.4 Å². The van der Waals surface area contributed by atoms with Gasteiger partial charge in [-0.2, -0.15) is 0 Å². The third-order valence-electron chi connectivity index (χ3n) is 7.67. The Hall–Kier alpha value is -3.37. The Bertz CT molecular complexity index is 1540. The number of carbonyl (C=O) groups excluding carboxylic acids is 2. The Labute approximate surface area is 225 Å². The second-order valence-electron chi connectivity index (χ2n) is 10.5. The van der Waals surface area contributed by atoms with Gasteiger partial charge in [-0.3, -0.25) is 4.79 Å². The maximum absolute atomic E-state index is 14.3. The van der Waals surface area contributed by atoms with Crippen LogP contribution >= 0.6 is 11.6 Å². The van der Waals surface area contributed by atoms with Gasteiger partial charge < -0.3 is 24.5 Å². The maximum Gasteiger partial charge on any atom is 0.408 e. The molecule has 2 atom stereocenters. The first-order valence-electron chi connectivity index (χ1n) is 12.6. The molecule has 38 heavy (non-hydrogen) atoms. The van der Waals surface area contributed by atoms with Gasteiger partial charge in [-0.1, -0.05) is 26.1 Å². The second-order valence-corrected chi connectivity index (χ2v) is 15.9. The molecule has 0 bridgehead atoms. The minimum Gasteiger partial charge on any atom is -0.508 e. The van der Waals surface area contributed by atoms with Crippen LogP contribution in [0.15, 0.2) is 35.1 Å². The number of phenols is 1. The number of alkyl halides is 1. The van der Waals surface area contributed by atoms with E-state index >= 15 is 0 Å². The van der Waals surface area contributed by atoms with Crippen molar-refractivity contribution in [2.24, 2.45) is 0 Å². The van der Waals surface area contributed by atoms with Crippen molar-refractivity contribution in [3.63, 3.8) is 0 Å². The number of nitrogens with zero attached hydrogens (tertiary/aromatic N) is 2. The minimum atomic E-state index is -2.37. The third-order valence-corrected chi connectivity index (χ3v) is 11.4. The number of esters is 1. The van der Waals surface area contributed by atoms with Crippen molar-refractivity contribution in [1.29, 1.82) is 0 Å². The van der Waals surface area contributed by atoms with Gasteiger partial charge in [-0.25, -0.2) is 14.6 Å². The van der Waals surface area contributed by atoms with Crippen LogP contribution in [0.1, 0.15) is 42.2 Å². The Kier molecular flexibility index (Phi) is 6.51. The van der Waals surface area contributed by atoms with Crippen molar-refractivity contribution >= 4 is 42.6 Å². The highest BCUT2D eigenvalue weighted by molar-refractivity contribution is 6.78. The number of phenolic OH excluding ortho intramolecular Hbond substituents is 1. The van der Waals surface area contributed by atoms with E-state index < -0.39 is 31.5 Å². The molecule has 2 aromatic heterocycles. The number of fused-ring (bicyclic) bond motifs is 5. The predicted molar refractivity (Wildman–Crippen MR) is 146 cm³/mol. The molecular formula is C27H30ClN3O6Si. The van der Waals surface area contributed by atoms with E-state index in [1.54, 1.807) is 35.8 Å². The lowest BCUT2D eigenvalue weighted by Crippen LogP contribution is -2.54. The summed E-state index contributed by atoms with van der Waals surface area (Å²) in [5, 5.41) is 13.1. The van der Waals surface area contributed by atoms with Crippen molar-refractivity contribution in [2.75, 3.05) is 12.9 Å². The normalized spacial score (nSPS) is 19.9. The monoisotopic (exact) mass is 555 g/mol. The summed E-state index contributed by atoms with van der Waals surface area (Å²) in [6.45, 7) is 6.16. The fourth-order valence-corrected chi connectivity index (χ4v) is 8.81. The molecule has 200 valence electrons. The van der Waals surface area contributed by atoms with E-state index in [-0.39, 0.29) is 24.3 Å². The van der Waals surface area contributed by atoms with Gasteiger partial charge in [0.15, 0.2) is 0 Å². The average molecular weight is 556 g/mol. The number of hydrogen-bond donors (Lipinski definition) is 2. The molecule has 4 heterocycles. The molecule has 0 aliphatic carbocycles. The Morgan fingerprint density at radius 2 is 2.08 bits per heavy atom. The Balaban J connectivity index is 1.78. The number of aromatic hydroxyl groups is 1. The number of pyridine rings is 2. The van der Waals surface area contributed by atoms with E-state index in [9.17, 15) is 19.5 Å². The number of benzene rings is 1. The Morgan fingerprint density at radius 1 is 1.32 bits per heavy atom. The summed E-state index contributed by atoms with van der Waals surface area (Å²) in [6.07, 6.45) is 0.0265. The molecule has 9 nitrogen and oxygen atoms in total. The predicted octanol–water partition coefficient (Wildman–Crippen LogP) is 4.57. The van der Waals surface area contributed by atoms with E-state index in [1.165, 1.54) is 7.05 Å². The van der Waals surface area contributed by atoms with Gasteiger partial charge in [0, 0.05) is 29.4 Å². The van der Waals surface area contributed by atoms with Gasteiger partial charge in [0.1, 0.15) is 19.6 Å². The number of halogens is 1. The van der Waals surface area contributed by atoms with Crippen LogP contribution in [0.3, 0.4) is 0 Å². The lowest BCUT2D eigenvalue weighted by molar-refractivity contribution is -0.174. The second kappa shape index (κ2) is 9.43. The number of aromatic nitrogens is 2. The third kappa shape index (κ3) is 3.97. The van der Waals surface area contributed by atoms with Gasteiger partial charge in [-0.05, 0) is 43.2 Å². The molecule has 11 heteroatoms. The van der Waals surface area contributed by atoms with E-state index in [1.807, 2.05) is 6.07 Å². The summed E-state index contributed by atoms with van der Waals surface area (Å²) in [4.78, 5) is 45.2. The van der Waals surface area contributed by atoms with Crippen LogP contribution in [0.25, 0.3) is 22.3 Å². The molecule has 0 radical (unpaired) electrons. The van der Waals surface area contributed by atoms with Crippen LogP contribution in [0, 0.1) is 0 Å². The van der Waals surface area contributed by atoms with Crippen molar-refractivity contribution in [2.45, 2.75) is 56.8 Å². The number of ether oxygens (including phenoxy) is 2. The van der Waals surface area contributed by atoms with Crippen LogP contribution in [-0.2, 0) is 26.4 Å². The number of alkyl carbamates (subject to hydrolysis) is 1. The molecule has 5 rings (SSSR count). The molecule has 2 N–H and O–H groups in total. The van der Waals surface area contributed by atoms with Gasteiger partial charge >= 0.3 is 12.1 Å². The summed E-state index contributed by atoms with van der Waals surface area (Å²) < 4.78 is 13.4. The topological polar surface area (TPSA) is 120 Å². The van der Waals surface area contributed by atoms with E-state index in [0.717, 1.165) is 23.4 Å². The van der Waals surface area contributed by atoms with Crippen LogP contribution < -0.4 is 10.9 Å². The summed E-state index contributed by atoms with van der Waals surface area (Å²) in [6, 6.07) is 9.34. The zero-order valence-electron chi connectivity index (χ0n) is 21.8. The molecular weight excluding hydrogens is 526 g/mol. The lowest BCUT2D eigenvalue weighted by atomic mass is 9.85. The van der Waals surface area contributed by atoms with Crippen molar-refractivity contribution < 1.29 is 24.2 Å². The molecule has 0 saturated carbocycles. The van der Waals surface area contributed by atoms with Crippen LogP contribution in [0.4, 0.5) is 4.79 Å². The first-order chi connectivity index (χ1) is 18.1. The maximum atomic E-state index is 14.3. The quantitative estimate of drug-likeness (QED) is 0.203. The zero-order chi connectivity index (χ0) is 27.4. The lowest BCUT2D eigenvalue weighted by Gasteiger charge is -2.43. The van der Waals surface area contributed by atoms with Gasteiger partial charge in [0.05, 0.1) is 29.0 Å². The van der Waals surface area contributed by atoms with Crippen LogP contribution in [-0.4, -0.2) is 47.7 Å². The van der Waals surface area contributed by atoms with Crippen LogP contribution in [0.5, 0.6) is 5.75 Å². The van der Waals surface area contributed by atoms with Gasteiger partial charge in [0.2, 0.25) is 5.60 Å². The van der Waals surface area contributed by atoms with E-state index in [4.69, 9.17) is 26.1 Å². The molecule has 1 amide bonds. The van der Waals surface area contributed by atoms with Crippen molar-refractivity contribution in [1.82, 2.24) is 14.9 Å². The molecule has 1 aromatic carbocycles. The van der Waals surface area contributed by atoms with Gasteiger partial charge in [0.25, 0.3) is 5.56 Å². The largest absolute Gasteiger partial charge is 0.508 e. The summed E-state index contributed by atoms with van der Waals surface area (Å²) >= 11 is 5.99. The van der Waals surface area contributed by atoms with Crippen molar-refractivity contribution in [3.05, 3.63) is 57.4 Å². The fraction of sp³-hybridized carbons (Fsp3) is 0.407. The minimum absolute atomic E-state index is 0.0861. The standard InChI is InChI=1S/C27H30ClN3O6Si/c1-5-27(37-26(35)29-2)18-13-20-22-16(11-15-12-17(32)7-8-19(15)30-22)14-31(20)23(33)21(18)24(36-25(27)34)38(3,4)10-6-9-28/h7-8,11-13,24,32H,5-6,9-10,14H2,1-4H3,(H,29,35). The highest BCUT2D eigenvalue weighted by atomic mass is 35.5. The molecule has 2 aliphatic heterocycles. The molecule has 3 aromatic rings. The number of nitrogens with one attached hydrogen (secondary N) is 1.